The fourth-order valence-corrected chi connectivity index (χ4v) is 11.9. The normalized spacial score (nSPS) is 11.4. The van der Waals surface area contributed by atoms with E-state index in [-0.39, 0.29) is 0 Å². The molecule has 0 bridgehead atoms. The Morgan fingerprint density at radius 1 is 0.235 bits per heavy atom. The Hall–Kier alpha value is -8.28. The van der Waals surface area contributed by atoms with E-state index >= 15 is 0 Å². The number of hydrogen-bond acceptors (Lipinski definition) is 4. The van der Waals surface area contributed by atoms with Gasteiger partial charge in [-0.05, 0) is 100 Å². The SMILES string of the molecule is Nc1c(N)c(-c2ccccc2-c2cccc3ccccc23)c(-c2cccc3ccccc23)c(-c2cccc(-c3ccccc3)c2-c2cccs2)c1-c1cccc(-c2ccccc2)c1-c1cccs1. The summed E-state index contributed by atoms with van der Waals surface area (Å²) in [5, 5.41) is 8.95. The lowest BCUT2D eigenvalue weighted by Gasteiger charge is -2.29. The monoisotopic (exact) mass is 904 g/mol. The molecule has 0 radical (unpaired) electrons. The predicted molar refractivity (Wildman–Crippen MR) is 295 cm³/mol. The quantitative estimate of drug-likeness (QED) is 0.142. The van der Waals surface area contributed by atoms with Crippen LogP contribution in [0.5, 0.6) is 0 Å². The zero-order valence-electron chi connectivity index (χ0n) is 37.1. The molecule has 2 aromatic heterocycles. The average molecular weight is 905 g/mol. The molecule has 12 rings (SSSR count). The van der Waals surface area contributed by atoms with Gasteiger partial charge in [-0.15, -0.1) is 22.7 Å². The minimum atomic E-state index is 0.539. The molecule has 0 unspecified atom stereocenters. The Morgan fingerprint density at radius 2 is 0.603 bits per heavy atom. The molecular formula is C64H44N2S2. The maximum atomic E-state index is 7.94. The molecule has 4 N–H and O–H groups in total. The molecule has 2 heterocycles. The van der Waals surface area contributed by atoms with Gasteiger partial charge in [-0.2, -0.15) is 0 Å². The number of anilines is 2. The van der Waals surface area contributed by atoms with Crippen LogP contribution in [0.25, 0.3) is 120 Å². The van der Waals surface area contributed by atoms with Gasteiger partial charge in [-0.3, -0.25) is 0 Å². The molecule has 0 spiro atoms. The van der Waals surface area contributed by atoms with Crippen molar-refractivity contribution in [3.63, 3.8) is 0 Å². The number of benzene rings is 10. The Labute approximate surface area is 404 Å². The Kier molecular flexibility index (Phi) is 10.6. The first kappa shape index (κ1) is 41.2. The molecule has 4 heteroatoms. The van der Waals surface area contributed by atoms with Crippen molar-refractivity contribution >= 4 is 55.6 Å². The summed E-state index contributed by atoms with van der Waals surface area (Å²) in [6, 6.07) is 82.9. The maximum absolute atomic E-state index is 7.94. The minimum Gasteiger partial charge on any atom is -0.397 e. The van der Waals surface area contributed by atoms with Crippen molar-refractivity contribution in [2.24, 2.45) is 0 Å². The first-order valence-electron chi connectivity index (χ1n) is 22.9. The zero-order valence-corrected chi connectivity index (χ0v) is 38.7. The van der Waals surface area contributed by atoms with Gasteiger partial charge in [0.15, 0.2) is 0 Å². The number of nitrogens with two attached hydrogens (primary N) is 2. The molecular weight excluding hydrogens is 861 g/mol. The molecule has 12 aromatic rings. The number of nitrogen functional groups attached to an aromatic ring is 2. The van der Waals surface area contributed by atoms with E-state index in [0.29, 0.717) is 11.4 Å². The van der Waals surface area contributed by atoms with Gasteiger partial charge in [0.25, 0.3) is 0 Å². The largest absolute Gasteiger partial charge is 0.397 e. The van der Waals surface area contributed by atoms with Crippen molar-refractivity contribution < 1.29 is 0 Å². The summed E-state index contributed by atoms with van der Waals surface area (Å²) < 4.78 is 0. The third-order valence-corrected chi connectivity index (χ3v) is 15.1. The van der Waals surface area contributed by atoms with Crippen LogP contribution in [-0.2, 0) is 0 Å². The fraction of sp³-hybridized carbons (Fsp3) is 0. The van der Waals surface area contributed by atoms with Gasteiger partial charge in [0.05, 0.1) is 11.4 Å². The van der Waals surface area contributed by atoms with Crippen LogP contribution < -0.4 is 11.5 Å². The first-order chi connectivity index (χ1) is 33.6. The third kappa shape index (κ3) is 7.01. The van der Waals surface area contributed by atoms with Crippen molar-refractivity contribution in [3.8, 4) is 98.8 Å². The van der Waals surface area contributed by atoms with Crippen LogP contribution in [0.3, 0.4) is 0 Å². The van der Waals surface area contributed by atoms with E-state index < -0.39 is 0 Å². The van der Waals surface area contributed by atoms with E-state index in [1.54, 1.807) is 22.7 Å². The molecule has 0 aliphatic carbocycles. The van der Waals surface area contributed by atoms with Gasteiger partial charge in [0.1, 0.15) is 0 Å². The van der Waals surface area contributed by atoms with Gasteiger partial charge < -0.3 is 11.5 Å². The van der Waals surface area contributed by atoms with Crippen LogP contribution in [-0.4, -0.2) is 0 Å². The second kappa shape index (κ2) is 17.5. The number of hydrogen-bond donors (Lipinski definition) is 2. The Balaban J connectivity index is 1.33. The van der Waals surface area contributed by atoms with Crippen LogP contribution in [0.4, 0.5) is 11.4 Å². The highest BCUT2D eigenvalue weighted by atomic mass is 32.1. The summed E-state index contributed by atoms with van der Waals surface area (Å²) in [6.45, 7) is 0. The molecule has 0 amide bonds. The Bertz CT molecular complexity index is 3790. The van der Waals surface area contributed by atoms with Crippen molar-refractivity contribution in [2.45, 2.75) is 0 Å². The smallest absolute Gasteiger partial charge is 0.0640 e. The van der Waals surface area contributed by atoms with Crippen LogP contribution in [0.15, 0.2) is 241 Å². The van der Waals surface area contributed by atoms with E-state index in [0.717, 1.165) is 105 Å². The van der Waals surface area contributed by atoms with Crippen LogP contribution in [0.2, 0.25) is 0 Å². The maximum Gasteiger partial charge on any atom is 0.0640 e. The summed E-state index contributed by atoms with van der Waals surface area (Å²) >= 11 is 3.49. The van der Waals surface area contributed by atoms with Gasteiger partial charge in [0, 0.05) is 43.1 Å². The van der Waals surface area contributed by atoms with Crippen molar-refractivity contribution in [2.75, 3.05) is 11.5 Å². The van der Waals surface area contributed by atoms with Gasteiger partial charge >= 0.3 is 0 Å². The summed E-state index contributed by atoms with van der Waals surface area (Å²) in [4.78, 5) is 2.32. The van der Waals surface area contributed by atoms with Gasteiger partial charge in [-0.25, -0.2) is 0 Å². The second-order valence-corrected chi connectivity index (χ2v) is 19.0. The van der Waals surface area contributed by atoms with Crippen LogP contribution >= 0.6 is 22.7 Å². The molecule has 0 saturated carbocycles. The van der Waals surface area contributed by atoms with Crippen molar-refractivity contribution in [1.29, 1.82) is 0 Å². The number of thiophene rings is 2. The Morgan fingerprint density at radius 3 is 1.15 bits per heavy atom. The van der Waals surface area contributed by atoms with E-state index in [2.05, 4.69) is 241 Å². The van der Waals surface area contributed by atoms with Crippen LogP contribution in [0.1, 0.15) is 0 Å². The molecule has 0 aliphatic heterocycles. The summed E-state index contributed by atoms with van der Waals surface area (Å²) in [7, 11) is 0. The summed E-state index contributed by atoms with van der Waals surface area (Å²) in [5.74, 6) is 0. The third-order valence-electron chi connectivity index (χ3n) is 13.3. The average Bonchev–Trinajstić information content (AvgIpc) is 4.16. The molecule has 68 heavy (non-hydrogen) atoms. The number of fused-ring (bicyclic) bond motifs is 2. The highest BCUT2D eigenvalue weighted by Crippen LogP contribution is 2.59. The molecule has 0 atom stereocenters. The minimum absolute atomic E-state index is 0.539. The molecule has 322 valence electrons. The van der Waals surface area contributed by atoms with E-state index in [4.69, 9.17) is 11.5 Å². The first-order valence-corrected chi connectivity index (χ1v) is 24.7. The van der Waals surface area contributed by atoms with Crippen LogP contribution in [0, 0.1) is 0 Å². The number of rotatable bonds is 9. The van der Waals surface area contributed by atoms with Gasteiger partial charge in [0.2, 0.25) is 0 Å². The molecule has 0 saturated heterocycles. The van der Waals surface area contributed by atoms with E-state index in [1.165, 1.54) is 15.6 Å². The van der Waals surface area contributed by atoms with Gasteiger partial charge in [-0.1, -0.05) is 218 Å². The summed E-state index contributed by atoms with van der Waals surface area (Å²) in [5.41, 5.74) is 34.0. The van der Waals surface area contributed by atoms with E-state index in [9.17, 15) is 0 Å². The zero-order chi connectivity index (χ0) is 45.6. The molecule has 0 aliphatic rings. The highest BCUT2D eigenvalue weighted by molar-refractivity contribution is 7.14. The highest BCUT2D eigenvalue weighted by Gasteiger charge is 2.31. The topological polar surface area (TPSA) is 52.0 Å². The molecule has 2 nitrogen and oxygen atoms in total. The van der Waals surface area contributed by atoms with Crippen molar-refractivity contribution in [1.82, 2.24) is 0 Å². The molecule has 10 aromatic carbocycles. The standard InChI is InChI=1S/C64H44N2S2/c65-63-61(52-30-12-11-29-50(52)49-33-13-25-41-23-7-9-27-45(41)49)59(51-34-14-26-42-24-8-10-28-46(42)51)60(53-35-15-31-47(43-19-3-1-4-20-43)57(53)55-37-17-39-67-55)62(64(63)66)54-36-16-32-48(44-21-5-2-6-22-44)58(54)56-38-18-40-68-56/h1-40H,65-66H2. The lowest BCUT2D eigenvalue weighted by molar-refractivity contribution is 1.53. The summed E-state index contributed by atoms with van der Waals surface area (Å²) in [6.07, 6.45) is 0. The second-order valence-electron chi connectivity index (χ2n) is 17.1. The lowest BCUT2D eigenvalue weighted by atomic mass is 9.75. The van der Waals surface area contributed by atoms with E-state index in [1.807, 2.05) is 0 Å². The van der Waals surface area contributed by atoms with Crippen molar-refractivity contribution in [3.05, 3.63) is 241 Å². The molecule has 0 fully saturated rings. The fourth-order valence-electron chi connectivity index (χ4n) is 10.3. The predicted octanol–water partition coefficient (Wildman–Crippen LogP) is 18.3. The lowest BCUT2D eigenvalue weighted by Crippen LogP contribution is -2.07.